The van der Waals surface area contributed by atoms with Gasteiger partial charge in [0, 0.05) is 31.6 Å². The minimum absolute atomic E-state index is 0.219. The fraction of sp³-hybridized carbons (Fsp3) is 0.387. The summed E-state index contributed by atoms with van der Waals surface area (Å²) in [5, 5.41) is 14.4. The van der Waals surface area contributed by atoms with Gasteiger partial charge in [-0.3, -0.25) is 24.0 Å². The predicted molar refractivity (Wildman–Crippen MR) is 167 cm³/mol. The fourth-order valence-corrected chi connectivity index (χ4v) is 5.36. The molecule has 2 aromatic heterocycles. The van der Waals surface area contributed by atoms with Crippen molar-refractivity contribution in [2.24, 2.45) is 0 Å². The van der Waals surface area contributed by atoms with Gasteiger partial charge < -0.3 is 20.3 Å². The van der Waals surface area contributed by atoms with Crippen LogP contribution in [0, 0.1) is 6.92 Å². The highest BCUT2D eigenvalue weighted by Gasteiger charge is 2.23. The highest BCUT2D eigenvalue weighted by Crippen LogP contribution is 2.19. The molecule has 1 aliphatic rings. The van der Waals surface area contributed by atoms with Gasteiger partial charge in [-0.1, -0.05) is 23.4 Å². The van der Waals surface area contributed by atoms with Crippen molar-refractivity contribution < 1.29 is 19.1 Å². The van der Waals surface area contributed by atoms with Crippen molar-refractivity contribution in [1.29, 1.82) is 0 Å². The molecule has 0 saturated heterocycles. The molecule has 2 aromatic carbocycles. The average molecular weight is 617 g/mol. The van der Waals surface area contributed by atoms with Crippen LogP contribution in [0.25, 0.3) is 11.0 Å². The van der Waals surface area contributed by atoms with Gasteiger partial charge in [0.15, 0.2) is 0 Å². The zero-order valence-electron chi connectivity index (χ0n) is 24.9. The molecule has 4 bridgehead atoms. The number of ether oxygens (including phenoxy) is 1. The molecule has 44 heavy (non-hydrogen) atoms. The lowest BCUT2D eigenvalue weighted by Gasteiger charge is -2.22. The molecule has 0 fully saturated rings. The van der Waals surface area contributed by atoms with E-state index in [1.54, 1.807) is 27.4 Å². The molecule has 1 atom stereocenters. The maximum atomic E-state index is 13.6. The summed E-state index contributed by atoms with van der Waals surface area (Å²) in [5.74, 6) is 0.392. The standard InChI is InChI=1S/C31H36N8O4S/c1-21-9-10-23-17-24(21)29(40)35-27(11-16-44-2)30(41)32-12-5-13-38(19-22-20-39(37-36-22)14-6-15-43-23)31(42)28-18-33-25-7-3-4-8-26(25)34-28/h3-4,7-10,17-18,20,27H,5-6,11-16,19H2,1-2H3,(H,32,41)(H,35,40)/t27-/m0/s1. The van der Waals surface area contributed by atoms with E-state index in [0.717, 1.165) is 5.56 Å². The summed E-state index contributed by atoms with van der Waals surface area (Å²) in [5.41, 5.74) is 3.45. The lowest BCUT2D eigenvalue weighted by atomic mass is 10.1. The minimum Gasteiger partial charge on any atom is -0.494 e. The number of carbonyl (C=O) groups excluding carboxylic acids is 3. The Balaban J connectivity index is 1.36. The Kier molecular flexibility index (Phi) is 10.4. The van der Waals surface area contributed by atoms with E-state index in [1.807, 2.05) is 55.8 Å². The van der Waals surface area contributed by atoms with Crippen LogP contribution in [-0.4, -0.2) is 85.3 Å². The zero-order chi connectivity index (χ0) is 30.9. The second-order valence-corrected chi connectivity index (χ2v) is 11.6. The van der Waals surface area contributed by atoms with Crippen molar-refractivity contribution >= 4 is 40.5 Å². The fourth-order valence-electron chi connectivity index (χ4n) is 4.89. The van der Waals surface area contributed by atoms with Crippen molar-refractivity contribution in [3.63, 3.8) is 0 Å². The zero-order valence-corrected chi connectivity index (χ0v) is 25.7. The molecule has 4 aromatic rings. The van der Waals surface area contributed by atoms with Crippen LogP contribution in [0.3, 0.4) is 0 Å². The van der Waals surface area contributed by atoms with E-state index in [0.29, 0.717) is 79.3 Å². The summed E-state index contributed by atoms with van der Waals surface area (Å²) in [6.07, 6.45) is 6.88. The number of nitrogens with one attached hydrogen (secondary N) is 2. The first-order valence-electron chi connectivity index (χ1n) is 14.6. The van der Waals surface area contributed by atoms with E-state index < -0.39 is 6.04 Å². The summed E-state index contributed by atoms with van der Waals surface area (Å²) in [6, 6.07) is 12.1. The van der Waals surface area contributed by atoms with E-state index in [4.69, 9.17) is 4.74 Å². The van der Waals surface area contributed by atoms with Gasteiger partial charge in [0.1, 0.15) is 23.2 Å². The Labute approximate surface area is 260 Å². The van der Waals surface area contributed by atoms with Crippen LogP contribution in [0.1, 0.15) is 51.4 Å². The predicted octanol–water partition coefficient (Wildman–Crippen LogP) is 3.01. The molecule has 0 unspecified atom stereocenters. The van der Waals surface area contributed by atoms with Crippen LogP contribution in [-0.2, 0) is 17.9 Å². The van der Waals surface area contributed by atoms with Gasteiger partial charge in [0.2, 0.25) is 5.91 Å². The number of benzene rings is 2. The molecule has 3 heterocycles. The first-order valence-corrected chi connectivity index (χ1v) is 16.0. The van der Waals surface area contributed by atoms with Gasteiger partial charge in [-0.25, -0.2) is 4.98 Å². The van der Waals surface area contributed by atoms with Gasteiger partial charge in [0.25, 0.3) is 11.8 Å². The summed E-state index contributed by atoms with van der Waals surface area (Å²) in [7, 11) is 0. The summed E-state index contributed by atoms with van der Waals surface area (Å²) >= 11 is 1.61. The number of nitrogens with zero attached hydrogens (tertiary/aromatic N) is 6. The third-order valence-electron chi connectivity index (χ3n) is 7.28. The molecule has 12 nitrogen and oxygen atoms in total. The maximum Gasteiger partial charge on any atom is 0.274 e. The molecule has 13 heteroatoms. The first kappa shape index (κ1) is 30.9. The molecular weight excluding hydrogens is 580 g/mol. The summed E-state index contributed by atoms with van der Waals surface area (Å²) < 4.78 is 7.65. The molecule has 0 radical (unpaired) electrons. The van der Waals surface area contributed by atoms with Crippen molar-refractivity contribution in [2.75, 3.05) is 31.7 Å². The van der Waals surface area contributed by atoms with Crippen molar-refractivity contribution in [2.45, 2.75) is 45.3 Å². The lowest BCUT2D eigenvalue weighted by molar-refractivity contribution is -0.123. The Bertz CT molecular complexity index is 1630. The number of hydrogen-bond acceptors (Lipinski definition) is 9. The maximum absolute atomic E-state index is 13.6. The van der Waals surface area contributed by atoms with Crippen molar-refractivity contribution in [3.8, 4) is 5.75 Å². The van der Waals surface area contributed by atoms with Crippen molar-refractivity contribution in [3.05, 3.63) is 77.4 Å². The molecule has 2 N–H and O–H groups in total. The van der Waals surface area contributed by atoms with Gasteiger partial charge in [0.05, 0.1) is 36.6 Å². The van der Waals surface area contributed by atoms with Crippen LogP contribution >= 0.6 is 11.8 Å². The topological polar surface area (TPSA) is 144 Å². The number of thioether (sulfide) groups is 1. The number of rotatable bonds is 4. The molecule has 0 aliphatic carbocycles. The van der Waals surface area contributed by atoms with E-state index in [1.165, 1.54) is 6.20 Å². The van der Waals surface area contributed by atoms with Crippen LogP contribution in [0.15, 0.2) is 54.9 Å². The number of para-hydroxylation sites is 2. The number of aromatic nitrogens is 5. The molecule has 5 rings (SSSR count). The Hall–Kier alpha value is -4.52. The number of carbonyl (C=O) groups is 3. The smallest absolute Gasteiger partial charge is 0.274 e. The van der Waals surface area contributed by atoms with Gasteiger partial charge in [-0.2, -0.15) is 11.8 Å². The van der Waals surface area contributed by atoms with E-state index in [9.17, 15) is 14.4 Å². The van der Waals surface area contributed by atoms with Crippen molar-refractivity contribution in [1.82, 2.24) is 40.5 Å². The van der Waals surface area contributed by atoms with Crippen LogP contribution < -0.4 is 15.4 Å². The number of amides is 3. The molecular formula is C31H36N8O4S. The Morgan fingerprint density at radius 1 is 1.11 bits per heavy atom. The highest BCUT2D eigenvalue weighted by atomic mass is 32.2. The number of aryl methyl sites for hydroxylation is 2. The van der Waals surface area contributed by atoms with E-state index in [-0.39, 0.29) is 30.0 Å². The third-order valence-corrected chi connectivity index (χ3v) is 7.93. The van der Waals surface area contributed by atoms with Gasteiger partial charge >= 0.3 is 0 Å². The minimum atomic E-state index is -0.704. The molecule has 1 aliphatic heterocycles. The molecule has 0 saturated carbocycles. The lowest BCUT2D eigenvalue weighted by Crippen LogP contribution is -2.47. The highest BCUT2D eigenvalue weighted by molar-refractivity contribution is 7.98. The number of hydrogen-bond donors (Lipinski definition) is 2. The van der Waals surface area contributed by atoms with Crippen LogP contribution in [0.2, 0.25) is 0 Å². The SMILES string of the molecule is CSCC[C@@H]1NC(=O)c2cc(ccc2C)OCCCn2cc(nn2)CN(C(=O)c2cnc3ccccc3n2)CCCNC1=O. The Morgan fingerprint density at radius 2 is 1.95 bits per heavy atom. The summed E-state index contributed by atoms with van der Waals surface area (Å²) in [4.78, 5) is 50.7. The first-order chi connectivity index (χ1) is 21.4. The van der Waals surface area contributed by atoms with Gasteiger partial charge in [-0.15, -0.1) is 5.10 Å². The average Bonchev–Trinajstić information content (AvgIpc) is 3.49. The monoisotopic (exact) mass is 616 g/mol. The van der Waals surface area contributed by atoms with Crippen LogP contribution in [0.5, 0.6) is 5.75 Å². The van der Waals surface area contributed by atoms with E-state index >= 15 is 0 Å². The number of fused-ring (bicyclic) bond motifs is 5. The largest absolute Gasteiger partial charge is 0.494 e. The van der Waals surface area contributed by atoms with Gasteiger partial charge in [-0.05, 0) is 61.6 Å². The Morgan fingerprint density at radius 3 is 2.80 bits per heavy atom. The third kappa shape index (κ3) is 7.90. The molecule has 3 amide bonds. The summed E-state index contributed by atoms with van der Waals surface area (Å²) in [6.45, 7) is 3.70. The second-order valence-electron chi connectivity index (χ2n) is 10.6. The molecule has 0 spiro atoms. The quantitative estimate of drug-likeness (QED) is 0.354. The normalized spacial score (nSPS) is 17.0. The van der Waals surface area contributed by atoms with Crippen LogP contribution in [0.4, 0.5) is 0 Å². The van der Waals surface area contributed by atoms with E-state index in [2.05, 4.69) is 30.9 Å². The second kappa shape index (κ2) is 14.8. The molecule has 230 valence electrons.